The molecule has 126 valence electrons. The average molecular weight is 316 g/mol. The van der Waals surface area contributed by atoms with Crippen LogP contribution in [0.1, 0.15) is 38.2 Å². The quantitative estimate of drug-likeness (QED) is 0.856. The van der Waals surface area contributed by atoms with Crippen LogP contribution in [-0.2, 0) is 16.1 Å². The third kappa shape index (κ3) is 3.75. The zero-order valence-corrected chi connectivity index (χ0v) is 14.3. The van der Waals surface area contributed by atoms with Crippen LogP contribution in [0.5, 0.6) is 0 Å². The van der Waals surface area contributed by atoms with Gasteiger partial charge in [-0.25, -0.2) is 0 Å². The predicted molar refractivity (Wildman–Crippen MR) is 91.1 cm³/mol. The van der Waals surface area contributed by atoms with Gasteiger partial charge in [-0.3, -0.25) is 9.69 Å². The molecule has 3 rings (SSSR count). The molecule has 0 aromatic heterocycles. The van der Waals surface area contributed by atoms with Crippen molar-refractivity contribution in [3.63, 3.8) is 0 Å². The fourth-order valence-electron chi connectivity index (χ4n) is 3.95. The minimum absolute atomic E-state index is 0.0893. The van der Waals surface area contributed by atoms with Crippen molar-refractivity contribution in [1.82, 2.24) is 9.80 Å². The molecule has 1 aromatic carbocycles. The fourth-order valence-corrected chi connectivity index (χ4v) is 3.95. The van der Waals surface area contributed by atoms with Crippen molar-refractivity contribution >= 4 is 5.91 Å². The van der Waals surface area contributed by atoms with Crippen LogP contribution < -0.4 is 0 Å². The summed E-state index contributed by atoms with van der Waals surface area (Å²) in [6, 6.07) is 11.3. The minimum Gasteiger partial charge on any atom is -0.363 e. The first-order chi connectivity index (χ1) is 11.1. The summed E-state index contributed by atoms with van der Waals surface area (Å²) in [5, 5.41) is 0. The summed E-state index contributed by atoms with van der Waals surface area (Å²) < 4.78 is 5.99. The number of nitrogens with zero attached hydrogens (tertiary/aromatic N) is 2. The number of morpholine rings is 1. The molecule has 4 nitrogen and oxygen atoms in total. The van der Waals surface area contributed by atoms with E-state index in [0.717, 1.165) is 45.3 Å². The molecular formula is C19H28N2O2. The highest BCUT2D eigenvalue weighted by Gasteiger charge is 2.42. The Balaban J connectivity index is 1.55. The zero-order valence-electron chi connectivity index (χ0n) is 14.3. The van der Waals surface area contributed by atoms with Gasteiger partial charge in [-0.1, -0.05) is 30.3 Å². The van der Waals surface area contributed by atoms with Gasteiger partial charge in [0, 0.05) is 25.7 Å². The van der Waals surface area contributed by atoms with E-state index >= 15 is 0 Å². The van der Waals surface area contributed by atoms with Crippen LogP contribution in [0.4, 0.5) is 0 Å². The van der Waals surface area contributed by atoms with Gasteiger partial charge in [0.25, 0.3) is 0 Å². The number of benzene rings is 1. The third-order valence-corrected chi connectivity index (χ3v) is 5.48. The maximum absolute atomic E-state index is 11.8. The molecule has 1 aliphatic carbocycles. The van der Waals surface area contributed by atoms with Crippen LogP contribution in [-0.4, -0.2) is 54.1 Å². The first-order valence-corrected chi connectivity index (χ1v) is 8.78. The Hall–Kier alpha value is -1.39. The smallest absolute Gasteiger partial charge is 0.248 e. The van der Waals surface area contributed by atoms with E-state index < -0.39 is 0 Å². The zero-order chi connectivity index (χ0) is 16.3. The van der Waals surface area contributed by atoms with Crippen molar-refractivity contribution in [3.8, 4) is 0 Å². The molecule has 1 saturated carbocycles. The second kappa shape index (κ2) is 7.02. The van der Waals surface area contributed by atoms with Gasteiger partial charge in [0.05, 0.1) is 5.60 Å². The second-order valence-electron chi connectivity index (χ2n) is 7.01. The SMILES string of the molecule is CCN1C[C@]2(CC[C@@H](N(C)Cc3ccccc3)CC2)OCC1=O. The second-order valence-corrected chi connectivity index (χ2v) is 7.01. The molecule has 1 heterocycles. The van der Waals surface area contributed by atoms with Crippen LogP contribution in [0, 0.1) is 0 Å². The first kappa shape index (κ1) is 16.5. The topological polar surface area (TPSA) is 32.8 Å². The van der Waals surface area contributed by atoms with Crippen molar-refractivity contribution < 1.29 is 9.53 Å². The van der Waals surface area contributed by atoms with E-state index in [1.165, 1.54) is 5.56 Å². The standard InChI is InChI=1S/C19H28N2O2/c1-3-21-15-19(23-14-18(21)22)11-9-17(10-12-19)20(2)13-16-7-5-4-6-8-16/h4-8,17H,3,9-15H2,1-2H3/t17-,19-. The Kier molecular flexibility index (Phi) is 5.02. The van der Waals surface area contributed by atoms with Crippen molar-refractivity contribution in [2.45, 2.75) is 50.8 Å². The average Bonchev–Trinajstić information content (AvgIpc) is 2.59. The van der Waals surface area contributed by atoms with E-state index in [1.54, 1.807) is 0 Å². The maximum Gasteiger partial charge on any atom is 0.248 e. The Morgan fingerprint density at radius 3 is 2.61 bits per heavy atom. The molecule has 0 radical (unpaired) electrons. The lowest BCUT2D eigenvalue weighted by Crippen LogP contribution is -2.57. The largest absolute Gasteiger partial charge is 0.363 e. The lowest BCUT2D eigenvalue weighted by atomic mass is 9.80. The molecule has 4 heteroatoms. The van der Waals surface area contributed by atoms with Gasteiger partial charge in [-0.05, 0) is 45.2 Å². The van der Waals surface area contributed by atoms with Crippen LogP contribution in [0.3, 0.4) is 0 Å². The molecule has 0 atom stereocenters. The molecule has 2 fully saturated rings. The monoisotopic (exact) mass is 316 g/mol. The highest BCUT2D eigenvalue weighted by atomic mass is 16.5. The summed E-state index contributed by atoms with van der Waals surface area (Å²) in [6.07, 6.45) is 4.41. The summed E-state index contributed by atoms with van der Waals surface area (Å²) in [5.41, 5.74) is 1.28. The lowest BCUT2D eigenvalue weighted by molar-refractivity contribution is -0.170. The molecule has 1 spiro atoms. The summed E-state index contributed by atoms with van der Waals surface area (Å²) in [4.78, 5) is 16.2. The Morgan fingerprint density at radius 2 is 1.96 bits per heavy atom. The molecule has 0 unspecified atom stereocenters. The van der Waals surface area contributed by atoms with E-state index in [2.05, 4.69) is 49.2 Å². The molecule has 1 amide bonds. The van der Waals surface area contributed by atoms with E-state index in [1.807, 2.05) is 4.90 Å². The molecule has 2 aliphatic rings. The molecule has 23 heavy (non-hydrogen) atoms. The van der Waals surface area contributed by atoms with Gasteiger partial charge in [-0.2, -0.15) is 0 Å². The Labute approximate surface area is 139 Å². The lowest BCUT2D eigenvalue weighted by Gasteiger charge is -2.47. The highest BCUT2D eigenvalue weighted by molar-refractivity contribution is 5.78. The fraction of sp³-hybridized carbons (Fsp3) is 0.632. The number of carbonyl (C=O) groups is 1. The van der Waals surface area contributed by atoms with Gasteiger partial charge in [0.2, 0.25) is 5.91 Å². The number of likely N-dealkylation sites (N-methyl/N-ethyl adjacent to an activating group) is 1. The first-order valence-electron chi connectivity index (χ1n) is 8.78. The number of carbonyl (C=O) groups excluding carboxylic acids is 1. The van der Waals surface area contributed by atoms with Crippen molar-refractivity contribution in [2.24, 2.45) is 0 Å². The van der Waals surface area contributed by atoms with Crippen LogP contribution >= 0.6 is 0 Å². The number of hydrogen-bond donors (Lipinski definition) is 0. The Morgan fingerprint density at radius 1 is 1.26 bits per heavy atom. The normalized spacial score (nSPS) is 28.6. The van der Waals surface area contributed by atoms with Gasteiger partial charge in [-0.15, -0.1) is 0 Å². The molecule has 1 aromatic rings. The van der Waals surface area contributed by atoms with Crippen LogP contribution in [0.25, 0.3) is 0 Å². The number of amides is 1. The van der Waals surface area contributed by atoms with Crippen molar-refractivity contribution in [3.05, 3.63) is 35.9 Å². The van der Waals surface area contributed by atoms with Gasteiger partial charge >= 0.3 is 0 Å². The van der Waals surface area contributed by atoms with Crippen LogP contribution in [0.2, 0.25) is 0 Å². The number of rotatable bonds is 4. The third-order valence-electron chi connectivity index (χ3n) is 5.48. The van der Waals surface area contributed by atoms with Gasteiger partial charge in [0.1, 0.15) is 6.61 Å². The predicted octanol–water partition coefficient (Wildman–Crippen LogP) is 2.68. The minimum atomic E-state index is -0.0893. The maximum atomic E-state index is 11.8. The van der Waals surface area contributed by atoms with Crippen molar-refractivity contribution in [1.29, 1.82) is 0 Å². The van der Waals surface area contributed by atoms with Crippen molar-refractivity contribution in [2.75, 3.05) is 26.7 Å². The number of hydrogen-bond acceptors (Lipinski definition) is 3. The summed E-state index contributed by atoms with van der Waals surface area (Å²) in [6.45, 7) is 4.88. The van der Waals surface area contributed by atoms with E-state index in [-0.39, 0.29) is 18.1 Å². The highest BCUT2D eigenvalue weighted by Crippen LogP contribution is 2.36. The summed E-state index contributed by atoms with van der Waals surface area (Å²) >= 11 is 0. The molecule has 0 N–H and O–H groups in total. The molecular weight excluding hydrogens is 288 g/mol. The van der Waals surface area contributed by atoms with E-state index in [9.17, 15) is 4.79 Å². The molecule has 1 aliphatic heterocycles. The van der Waals surface area contributed by atoms with E-state index in [4.69, 9.17) is 4.74 Å². The number of ether oxygens (including phenoxy) is 1. The Bertz CT molecular complexity index is 523. The van der Waals surface area contributed by atoms with Gasteiger partial charge < -0.3 is 9.64 Å². The van der Waals surface area contributed by atoms with Gasteiger partial charge in [0.15, 0.2) is 0 Å². The molecule has 1 saturated heterocycles. The van der Waals surface area contributed by atoms with Crippen LogP contribution in [0.15, 0.2) is 30.3 Å². The summed E-state index contributed by atoms with van der Waals surface area (Å²) in [5.74, 6) is 0.140. The summed E-state index contributed by atoms with van der Waals surface area (Å²) in [7, 11) is 2.22. The molecule has 0 bridgehead atoms. The van der Waals surface area contributed by atoms with E-state index in [0.29, 0.717) is 6.04 Å².